The van der Waals surface area contributed by atoms with Gasteiger partial charge in [0.1, 0.15) is 5.82 Å². The van der Waals surface area contributed by atoms with Crippen molar-refractivity contribution < 1.29 is 9.18 Å². The number of rotatable bonds is 2. The number of nitrogens with one attached hydrogen (secondary N) is 1. The van der Waals surface area contributed by atoms with Crippen molar-refractivity contribution in [1.29, 1.82) is 0 Å². The van der Waals surface area contributed by atoms with Gasteiger partial charge in [0.2, 0.25) is 0 Å². The molecular weight excluding hydrogens is 335 g/mol. The summed E-state index contributed by atoms with van der Waals surface area (Å²) in [6.45, 7) is 1.78. The summed E-state index contributed by atoms with van der Waals surface area (Å²) in [5.74, 6) is -1.19. The van der Waals surface area contributed by atoms with E-state index in [1.165, 1.54) is 18.3 Å². The minimum atomic E-state index is -0.613. The second-order valence-electron chi connectivity index (χ2n) is 3.85. The Bertz CT molecular complexity index is 628. The summed E-state index contributed by atoms with van der Waals surface area (Å²) in [6, 6.07) is 6.21. The molecule has 98 valence electrons. The van der Waals surface area contributed by atoms with Crippen molar-refractivity contribution in [3.63, 3.8) is 0 Å². The van der Waals surface area contributed by atoms with Crippen LogP contribution in [-0.2, 0) is 0 Å². The average Bonchev–Trinajstić information content (AvgIpc) is 2.37. The SMILES string of the molecule is Cc1ccnc(Cl)c1NC(=O)c1cccc(Br)c1F. The molecule has 2 aromatic rings. The smallest absolute Gasteiger partial charge is 0.258 e. The maximum absolute atomic E-state index is 13.8. The van der Waals surface area contributed by atoms with E-state index in [4.69, 9.17) is 11.6 Å². The fourth-order valence-corrected chi connectivity index (χ4v) is 2.15. The highest BCUT2D eigenvalue weighted by molar-refractivity contribution is 9.10. The van der Waals surface area contributed by atoms with Gasteiger partial charge in [0.05, 0.1) is 15.7 Å². The van der Waals surface area contributed by atoms with Crippen molar-refractivity contribution in [3.05, 3.63) is 57.0 Å². The normalized spacial score (nSPS) is 10.3. The van der Waals surface area contributed by atoms with E-state index in [0.717, 1.165) is 5.56 Å². The Balaban J connectivity index is 2.34. The molecule has 1 heterocycles. The van der Waals surface area contributed by atoms with Crippen molar-refractivity contribution in [2.75, 3.05) is 5.32 Å². The van der Waals surface area contributed by atoms with Crippen LogP contribution in [-0.4, -0.2) is 10.9 Å². The first kappa shape index (κ1) is 14.0. The minimum absolute atomic E-state index is 0.0614. The molecule has 0 aliphatic rings. The molecule has 0 aliphatic heterocycles. The van der Waals surface area contributed by atoms with E-state index in [2.05, 4.69) is 26.2 Å². The number of benzene rings is 1. The van der Waals surface area contributed by atoms with Gasteiger partial charge in [-0.05, 0) is 46.6 Å². The lowest BCUT2D eigenvalue weighted by atomic mass is 10.2. The van der Waals surface area contributed by atoms with Crippen LogP contribution in [0.4, 0.5) is 10.1 Å². The zero-order valence-corrected chi connectivity index (χ0v) is 12.2. The Morgan fingerprint density at radius 1 is 1.42 bits per heavy atom. The maximum Gasteiger partial charge on any atom is 0.258 e. The first-order valence-corrected chi connectivity index (χ1v) is 6.54. The zero-order valence-electron chi connectivity index (χ0n) is 9.88. The number of nitrogens with zero attached hydrogens (tertiary/aromatic N) is 1. The van der Waals surface area contributed by atoms with Gasteiger partial charge in [-0.2, -0.15) is 0 Å². The highest BCUT2D eigenvalue weighted by atomic mass is 79.9. The van der Waals surface area contributed by atoms with Crippen molar-refractivity contribution in [2.24, 2.45) is 0 Å². The molecule has 1 N–H and O–H groups in total. The number of hydrogen-bond acceptors (Lipinski definition) is 2. The summed E-state index contributed by atoms with van der Waals surface area (Å²) in [5.41, 5.74) is 1.07. The van der Waals surface area contributed by atoms with E-state index < -0.39 is 11.7 Å². The number of carbonyl (C=O) groups is 1. The molecule has 0 spiro atoms. The van der Waals surface area contributed by atoms with Gasteiger partial charge in [0, 0.05) is 6.20 Å². The van der Waals surface area contributed by atoms with Crippen molar-refractivity contribution in [1.82, 2.24) is 4.98 Å². The second kappa shape index (κ2) is 5.67. The topological polar surface area (TPSA) is 42.0 Å². The molecule has 0 aliphatic carbocycles. The standard InChI is InChI=1S/C13H9BrClFN2O/c1-7-5-6-17-12(15)11(7)18-13(19)8-3-2-4-9(14)10(8)16/h2-6H,1H3,(H,18,19). The van der Waals surface area contributed by atoms with Gasteiger partial charge >= 0.3 is 0 Å². The summed E-state index contributed by atoms with van der Waals surface area (Å²) in [6.07, 6.45) is 1.53. The lowest BCUT2D eigenvalue weighted by molar-refractivity contribution is 0.102. The van der Waals surface area contributed by atoms with Crippen LogP contribution in [0.3, 0.4) is 0 Å². The number of aromatic nitrogens is 1. The van der Waals surface area contributed by atoms with E-state index in [1.807, 2.05) is 0 Å². The van der Waals surface area contributed by atoms with Gasteiger partial charge in [-0.15, -0.1) is 0 Å². The number of halogens is 3. The Morgan fingerprint density at radius 2 is 2.16 bits per heavy atom. The summed E-state index contributed by atoms with van der Waals surface area (Å²) in [7, 11) is 0. The summed E-state index contributed by atoms with van der Waals surface area (Å²) >= 11 is 8.94. The molecule has 3 nitrogen and oxygen atoms in total. The van der Waals surface area contributed by atoms with Crippen molar-refractivity contribution in [3.8, 4) is 0 Å². The third-order valence-corrected chi connectivity index (χ3v) is 3.45. The molecule has 0 fully saturated rings. The van der Waals surface area contributed by atoms with Crippen LogP contribution >= 0.6 is 27.5 Å². The number of pyridine rings is 1. The van der Waals surface area contributed by atoms with Gasteiger partial charge < -0.3 is 5.32 Å². The van der Waals surface area contributed by atoms with E-state index in [9.17, 15) is 9.18 Å². The summed E-state index contributed by atoms with van der Waals surface area (Å²) < 4.78 is 14.0. The van der Waals surface area contributed by atoms with Crippen molar-refractivity contribution in [2.45, 2.75) is 6.92 Å². The Hall–Kier alpha value is -1.46. The molecule has 1 amide bonds. The molecular formula is C13H9BrClFN2O. The molecule has 6 heteroatoms. The number of amides is 1. The summed E-state index contributed by atoms with van der Waals surface area (Å²) in [5, 5.41) is 2.74. The van der Waals surface area contributed by atoms with E-state index in [1.54, 1.807) is 19.1 Å². The quantitative estimate of drug-likeness (QED) is 0.831. The molecule has 0 unspecified atom stereocenters. The lowest BCUT2D eigenvalue weighted by Gasteiger charge is -2.10. The fraction of sp³-hybridized carbons (Fsp3) is 0.0769. The van der Waals surface area contributed by atoms with E-state index in [0.29, 0.717) is 5.69 Å². The number of aryl methyl sites for hydroxylation is 1. The van der Waals surface area contributed by atoms with Crippen LogP contribution in [0.1, 0.15) is 15.9 Å². The highest BCUT2D eigenvalue weighted by Crippen LogP contribution is 2.25. The van der Waals surface area contributed by atoms with E-state index >= 15 is 0 Å². The third kappa shape index (κ3) is 2.93. The Kier molecular flexibility index (Phi) is 4.17. The Morgan fingerprint density at radius 3 is 2.84 bits per heavy atom. The maximum atomic E-state index is 13.8. The molecule has 2 rings (SSSR count). The van der Waals surface area contributed by atoms with Gasteiger partial charge in [-0.3, -0.25) is 4.79 Å². The van der Waals surface area contributed by atoms with Crippen LogP contribution in [0, 0.1) is 12.7 Å². The molecule has 0 atom stereocenters. The number of carbonyl (C=O) groups excluding carboxylic acids is 1. The molecule has 0 saturated carbocycles. The first-order valence-electron chi connectivity index (χ1n) is 5.37. The first-order chi connectivity index (χ1) is 9.00. The van der Waals surface area contributed by atoms with Crippen LogP contribution in [0.5, 0.6) is 0 Å². The monoisotopic (exact) mass is 342 g/mol. The molecule has 0 radical (unpaired) electrons. The molecule has 0 bridgehead atoms. The number of hydrogen-bond donors (Lipinski definition) is 1. The van der Waals surface area contributed by atoms with Crippen LogP contribution in [0.2, 0.25) is 5.15 Å². The second-order valence-corrected chi connectivity index (χ2v) is 5.06. The minimum Gasteiger partial charge on any atom is -0.319 e. The van der Waals surface area contributed by atoms with Crippen LogP contribution in [0.25, 0.3) is 0 Å². The molecule has 19 heavy (non-hydrogen) atoms. The third-order valence-electron chi connectivity index (χ3n) is 2.55. The van der Waals surface area contributed by atoms with Crippen molar-refractivity contribution >= 4 is 39.1 Å². The molecule has 1 aromatic heterocycles. The molecule has 1 aromatic carbocycles. The molecule has 0 saturated heterocycles. The fourth-order valence-electron chi connectivity index (χ4n) is 1.54. The zero-order chi connectivity index (χ0) is 14.0. The average molecular weight is 344 g/mol. The predicted octanol–water partition coefficient (Wildman–Crippen LogP) is 4.20. The largest absolute Gasteiger partial charge is 0.319 e. The summed E-state index contributed by atoms with van der Waals surface area (Å²) in [4.78, 5) is 15.9. The van der Waals surface area contributed by atoms with E-state index in [-0.39, 0.29) is 15.2 Å². The van der Waals surface area contributed by atoms with Gasteiger partial charge in [0.25, 0.3) is 5.91 Å². The van der Waals surface area contributed by atoms with Gasteiger partial charge in [-0.1, -0.05) is 17.7 Å². The predicted molar refractivity (Wildman–Crippen MR) is 76.0 cm³/mol. The van der Waals surface area contributed by atoms with Gasteiger partial charge in [-0.25, -0.2) is 9.37 Å². The lowest BCUT2D eigenvalue weighted by Crippen LogP contribution is -2.15. The highest BCUT2D eigenvalue weighted by Gasteiger charge is 2.16. The van der Waals surface area contributed by atoms with Gasteiger partial charge in [0.15, 0.2) is 5.15 Å². The van der Waals surface area contributed by atoms with Crippen LogP contribution in [0.15, 0.2) is 34.9 Å². The van der Waals surface area contributed by atoms with Crippen LogP contribution < -0.4 is 5.32 Å². The number of anilines is 1. The Labute approximate surface area is 122 Å².